The maximum Gasteiger partial charge on any atom is 0.266 e. The molecule has 1 aromatic carbocycles. The van der Waals surface area contributed by atoms with E-state index >= 15 is 0 Å². The third kappa shape index (κ3) is 4.28. The van der Waals surface area contributed by atoms with E-state index < -0.39 is 9.84 Å². The van der Waals surface area contributed by atoms with E-state index in [4.69, 9.17) is 16.6 Å². The van der Waals surface area contributed by atoms with E-state index in [0.29, 0.717) is 28.2 Å². The number of piperidine rings is 1. The van der Waals surface area contributed by atoms with Gasteiger partial charge in [0.05, 0.1) is 9.80 Å². The van der Waals surface area contributed by atoms with Crippen molar-refractivity contribution in [3.8, 4) is 0 Å². The zero-order chi connectivity index (χ0) is 22.3. The molecule has 0 atom stereocenters. The minimum absolute atomic E-state index is 0.0771. The van der Waals surface area contributed by atoms with Crippen molar-refractivity contribution < 1.29 is 17.6 Å². The van der Waals surface area contributed by atoms with Gasteiger partial charge in [0.25, 0.3) is 5.91 Å². The number of amides is 1. The van der Waals surface area contributed by atoms with Crippen LogP contribution >= 0.6 is 24.0 Å². The molecule has 2 aromatic rings. The Bertz CT molecular complexity index is 1160. The van der Waals surface area contributed by atoms with Gasteiger partial charge in [-0.15, -0.1) is 0 Å². The predicted molar refractivity (Wildman–Crippen MR) is 125 cm³/mol. The highest BCUT2D eigenvalue weighted by atomic mass is 32.2. The van der Waals surface area contributed by atoms with Crippen molar-refractivity contribution >= 4 is 56.0 Å². The van der Waals surface area contributed by atoms with E-state index in [2.05, 4.69) is 11.9 Å². The number of carbonyl (C=O) groups is 1. The molecule has 7 nitrogen and oxygen atoms in total. The van der Waals surface area contributed by atoms with Gasteiger partial charge in [-0.05, 0) is 37.8 Å². The van der Waals surface area contributed by atoms with Crippen molar-refractivity contribution in [2.75, 3.05) is 25.0 Å². The molecule has 0 N–H and O–H groups in total. The molecule has 2 aliphatic rings. The lowest BCUT2D eigenvalue weighted by atomic mass is 9.99. The fourth-order valence-electron chi connectivity index (χ4n) is 3.45. The van der Waals surface area contributed by atoms with E-state index in [1.165, 1.54) is 11.0 Å². The van der Waals surface area contributed by atoms with Gasteiger partial charge in [0.1, 0.15) is 4.32 Å². The summed E-state index contributed by atoms with van der Waals surface area (Å²) in [7, 11) is -2.30. The van der Waals surface area contributed by atoms with E-state index in [1.54, 1.807) is 31.3 Å². The summed E-state index contributed by atoms with van der Waals surface area (Å²) in [5.74, 6) is 0.616. The van der Waals surface area contributed by atoms with Crippen LogP contribution in [0.1, 0.15) is 31.2 Å². The van der Waals surface area contributed by atoms with E-state index in [0.717, 1.165) is 30.2 Å². The first kappa shape index (κ1) is 22.0. The Kier molecular flexibility index (Phi) is 5.97. The number of aryl methyl sites for hydroxylation is 1. The number of rotatable bonds is 4. The third-order valence-electron chi connectivity index (χ3n) is 5.49. The lowest BCUT2D eigenvalue weighted by molar-refractivity contribution is -0.121. The molecule has 1 amide bonds. The SMILES string of the molecule is Cc1ccc(S(=O)(=O)c2nc(/C=C3/SC(=S)N(C)C3=O)oc2N2CCC(C)CC2)cc1. The van der Waals surface area contributed by atoms with Crippen LogP contribution in [0.4, 0.5) is 5.88 Å². The summed E-state index contributed by atoms with van der Waals surface area (Å²) >= 11 is 6.30. The van der Waals surface area contributed by atoms with Gasteiger partial charge < -0.3 is 9.32 Å². The normalized spacial score (nSPS) is 19.6. The molecule has 0 radical (unpaired) electrons. The molecule has 4 rings (SSSR count). The quantitative estimate of drug-likeness (QED) is 0.485. The van der Waals surface area contributed by atoms with Gasteiger partial charge in [-0.3, -0.25) is 9.69 Å². The third-order valence-corrected chi connectivity index (χ3v) is 8.65. The lowest BCUT2D eigenvalue weighted by Crippen LogP contribution is -2.33. The number of carbonyl (C=O) groups excluding carboxylic acids is 1. The highest BCUT2D eigenvalue weighted by Gasteiger charge is 2.34. The summed E-state index contributed by atoms with van der Waals surface area (Å²) in [5.41, 5.74) is 0.964. The second-order valence-corrected chi connectivity index (χ2v) is 11.4. The summed E-state index contributed by atoms with van der Waals surface area (Å²) in [6.07, 6.45) is 3.34. The van der Waals surface area contributed by atoms with Crippen molar-refractivity contribution in [2.24, 2.45) is 5.92 Å². The second-order valence-electron chi connectivity index (χ2n) is 7.89. The standard InChI is InChI=1S/C21H23N3O4S3/c1-13-4-6-15(7-5-13)31(26,27)18-20(24-10-8-14(2)9-11-24)28-17(22-18)12-16-19(25)23(3)21(29)30-16/h4-7,12,14H,8-11H2,1-3H3/b16-12+. The lowest BCUT2D eigenvalue weighted by Gasteiger charge is -2.30. The van der Waals surface area contributed by atoms with Crippen molar-refractivity contribution in [3.05, 3.63) is 40.6 Å². The van der Waals surface area contributed by atoms with E-state index in [1.807, 2.05) is 11.8 Å². The van der Waals surface area contributed by atoms with Crippen LogP contribution in [0.3, 0.4) is 0 Å². The molecule has 2 aliphatic heterocycles. The Morgan fingerprint density at radius 1 is 1.23 bits per heavy atom. The number of benzene rings is 1. The van der Waals surface area contributed by atoms with Gasteiger partial charge in [0, 0.05) is 26.2 Å². The Morgan fingerprint density at radius 2 is 1.87 bits per heavy atom. The minimum atomic E-state index is -3.90. The summed E-state index contributed by atoms with van der Waals surface area (Å²) in [6.45, 7) is 5.45. The van der Waals surface area contributed by atoms with Crippen LogP contribution in [0.5, 0.6) is 0 Å². The molecule has 2 saturated heterocycles. The number of thiocarbonyl (C=S) groups is 1. The number of likely N-dealkylation sites (N-methyl/N-ethyl adjacent to an activating group) is 1. The summed E-state index contributed by atoms with van der Waals surface area (Å²) < 4.78 is 33.2. The first-order chi connectivity index (χ1) is 14.7. The number of anilines is 1. The van der Waals surface area contributed by atoms with Gasteiger partial charge in [0.2, 0.25) is 26.6 Å². The number of nitrogens with zero attached hydrogens (tertiary/aromatic N) is 3. The fraction of sp³-hybridized carbons (Fsp3) is 0.381. The molecular weight excluding hydrogens is 454 g/mol. The molecule has 1 aromatic heterocycles. The number of aromatic nitrogens is 1. The summed E-state index contributed by atoms with van der Waals surface area (Å²) in [5, 5.41) is -0.121. The molecule has 3 heterocycles. The second kappa shape index (κ2) is 8.40. The monoisotopic (exact) mass is 477 g/mol. The van der Waals surface area contributed by atoms with Crippen LogP contribution in [-0.2, 0) is 14.6 Å². The average molecular weight is 478 g/mol. The van der Waals surface area contributed by atoms with Crippen molar-refractivity contribution in [3.63, 3.8) is 0 Å². The number of oxazole rings is 1. The molecular formula is C21H23N3O4S3. The smallest absolute Gasteiger partial charge is 0.266 e. The first-order valence-electron chi connectivity index (χ1n) is 9.96. The summed E-state index contributed by atoms with van der Waals surface area (Å²) in [6, 6.07) is 6.65. The van der Waals surface area contributed by atoms with Crippen LogP contribution in [-0.4, -0.2) is 48.7 Å². The van der Waals surface area contributed by atoms with Gasteiger partial charge in [-0.1, -0.05) is 48.6 Å². The summed E-state index contributed by atoms with van der Waals surface area (Å²) in [4.78, 5) is 20.5. The number of hydrogen-bond donors (Lipinski definition) is 0. The van der Waals surface area contributed by atoms with Crippen molar-refractivity contribution in [1.82, 2.24) is 9.88 Å². The number of thioether (sulfide) groups is 1. The number of sulfone groups is 1. The van der Waals surface area contributed by atoms with Crippen molar-refractivity contribution in [2.45, 2.75) is 36.6 Å². The Balaban J connectivity index is 1.79. The van der Waals surface area contributed by atoms with Crippen LogP contribution in [0.15, 0.2) is 43.5 Å². The number of hydrogen-bond acceptors (Lipinski definition) is 8. The molecule has 0 bridgehead atoms. The Hall–Kier alpha value is -2.17. The van der Waals surface area contributed by atoms with Gasteiger partial charge in [-0.25, -0.2) is 8.42 Å². The molecule has 0 unspecified atom stereocenters. The average Bonchev–Trinajstić information content (AvgIpc) is 3.27. The van der Waals surface area contributed by atoms with Crippen LogP contribution in [0, 0.1) is 12.8 Å². The zero-order valence-corrected chi connectivity index (χ0v) is 19.9. The van der Waals surface area contributed by atoms with Gasteiger partial charge >= 0.3 is 0 Å². The maximum absolute atomic E-state index is 13.4. The van der Waals surface area contributed by atoms with Crippen molar-refractivity contribution in [1.29, 1.82) is 0 Å². The fourth-order valence-corrected chi connectivity index (χ4v) is 5.92. The van der Waals surface area contributed by atoms with Gasteiger partial charge in [-0.2, -0.15) is 4.98 Å². The zero-order valence-electron chi connectivity index (χ0n) is 17.5. The largest absolute Gasteiger partial charge is 0.420 e. The highest BCUT2D eigenvalue weighted by molar-refractivity contribution is 8.26. The molecule has 31 heavy (non-hydrogen) atoms. The van der Waals surface area contributed by atoms with Gasteiger partial charge in [0.15, 0.2) is 0 Å². The predicted octanol–water partition coefficient (Wildman–Crippen LogP) is 3.88. The molecule has 0 spiro atoms. The molecule has 0 saturated carbocycles. The van der Waals surface area contributed by atoms with Crippen LogP contribution in [0.2, 0.25) is 0 Å². The van der Waals surface area contributed by atoms with E-state index in [-0.39, 0.29) is 27.6 Å². The van der Waals surface area contributed by atoms with E-state index in [9.17, 15) is 13.2 Å². The Labute approximate surface area is 191 Å². The molecule has 164 valence electrons. The minimum Gasteiger partial charge on any atom is -0.420 e. The Morgan fingerprint density at radius 3 is 2.45 bits per heavy atom. The maximum atomic E-state index is 13.4. The first-order valence-corrected chi connectivity index (χ1v) is 12.7. The highest BCUT2D eigenvalue weighted by Crippen LogP contribution is 2.36. The van der Waals surface area contributed by atoms with Crippen LogP contribution in [0.25, 0.3) is 6.08 Å². The van der Waals surface area contributed by atoms with Crippen LogP contribution < -0.4 is 4.90 Å². The molecule has 0 aliphatic carbocycles. The molecule has 10 heteroatoms. The topological polar surface area (TPSA) is 83.7 Å². The molecule has 2 fully saturated rings.